The van der Waals surface area contributed by atoms with Crippen LogP contribution in [0.5, 0.6) is 0 Å². The summed E-state index contributed by atoms with van der Waals surface area (Å²) in [6.07, 6.45) is 17.8. The molecule has 2 aromatic carbocycles. The highest BCUT2D eigenvalue weighted by Crippen LogP contribution is 2.15. The molecule has 0 fully saturated rings. The second-order valence-electron chi connectivity index (χ2n) is 9.49. The largest absolute Gasteiger partial charge is 0.744 e. The number of aryl methyl sites for hydroxylation is 1. The molecule has 1 aromatic heterocycles. The van der Waals surface area contributed by atoms with E-state index in [-0.39, 0.29) is 4.90 Å². The monoisotopic (exact) mass is 554 g/mol. The zero-order valence-electron chi connectivity index (χ0n) is 22.3. The Morgan fingerprint density at radius 1 is 0.816 bits per heavy atom. The van der Waals surface area contributed by atoms with Gasteiger partial charge in [0.1, 0.15) is 10.1 Å². The Morgan fingerprint density at radius 2 is 1.37 bits per heavy atom. The lowest BCUT2D eigenvalue weighted by molar-refractivity contribution is -0.688. The van der Waals surface area contributed by atoms with Crippen LogP contribution >= 0.6 is 11.6 Å². The van der Waals surface area contributed by atoms with Crippen LogP contribution in [0.3, 0.4) is 0 Å². The van der Waals surface area contributed by atoms with Crippen LogP contribution in [0, 0.1) is 11.3 Å². The molecular formula is C31H39ClN2O3S. The molecule has 0 aliphatic heterocycles. The summed E-state index contributed by atoms with van der Waals surface area (Å²) in [7, 11) is -4.31. The number of hydrogen-bond donors (Lipinski definition) is 0. The van der Waals surface area contributed by atoms with E-state index in [1.54, 1.807) is 24.3 Å². The third-order valence-electron chi connectivity index (χ3n) is 6.36. The van der Waals surface area contributed by atoms with Gasteiger partial charge in [0.2, 0.25) is 0 Å². The molecular weight excluding hydrogens is 516 g/mol. The van der Waals surface area contributed by atoms with Crippen molar-refractivity contribution in [1.29, 1.82) is 5.26 Å². The molecule has 3 aromatic rings. The number of benzene rings is 2. The van der Waals surface area contributed by atoms with Gasteiger partial charge in [0, 0.05) is 17.7 Å². The van der Waals surface area contributed by atoms with Crippen molar-refractivity contribution in [1.82, 2.24) is 0 Å². The van der Waals surface area contributed by atoms with Crippen molar-refractivity contribution in [3.05, 3.63) is 94.8 Å². The van der Waals surface area contributed by atoms with E-state index in [2.05, 4.69) is 13.0 Å². The molecule has 204 valence electrons. The summed E-state index contributed by atoms with van der Waals surface area (Å²) in [5, 5.41) is 9.45. The van der Waals surface area contributed by atoms with Crippen LogP contribution in [0.15, 0.2) is 78.0 Å². The first-order valence-corrected chi connectivity index (χ1v) is 15.3. The summed E-state index contributed by atoms with van der Waals surface area (Å²) in [6, 6.07) is 19.7. The number of pyridine rings is 1. The summed E-state index contributed by atoms with van der Waals surface area (Å²) in [4.78, 5) is -0.140. The van der Waals surface area contributed by atoms with Crippen molar-refractivity contribution in [2.75, 3.05) is 0 Å². The SMILES string of the molecule is CCCCCCCCCCCCc1ccc(S(=O)(=O)[O-])cc1.N#Cc1cc[n+](Cc2ccccc2Cl)cc1. The molecule has 0 amide bonds. The third kappa shape index (κ3) is 12.7. The van der Waals surface area contributed by atoms with Crippen LogP contribution in [0.1, 0.15) is 87.8 Å². The minimum Gasteiger partial charge on any atom is -0.744 e. The average molecular weight is 555 g/mol. The lowest BCUT2D eigenvalue weighted by Crippen LogP contribution is -2.33. The molecule has 0 saturated heterocycles. The van der Waals surface area contributed by atoms with Gasteiger partial charge in [-0.2, -0.15) is 5.26 Å². The van der Waals surface area contributed by atoms with Gasteiger partial charge in [0.05, 0.1) is 21.6 Å². The maximum atomic E-state index is 10.8. The van der Waals surface area contributed by atoms with Gasteiger partial charge >= 0.3 is 0 Å². The Labute approximate surface area is 233 Å². The van der Waals surface area contributed by atoms with E-state index in [1.165, 1.54) is 69.9 Å². The zero-order valence-corrected chi connectivity index (χ0v) is 23.9. The second-order valence-corrected chi connectivity index (χ2v) is 11.3. The number of aromatic nitrogens is 1. The van der Waals surface area contributed by atoms with Crippen molar-refractivity contribution >= 4 is 21.7 Å². The van der Waals surface area contributed by atoms with Gasteiger partial charge in [-0.05, 0) is 36.6 Å². The van der Waals surface area contributed by atoms with Crippen LogP contribution in [0.25, 0.3) is 0 Å². The smallest absolute Gasteiger partial charge is 0.175 e. The summed E-state index contributed by atoms with van der Waals surface area (Å²) in [5.74, 6) is 0. The lowest BCUT2D eigenvalue weighted by Gasteiger charge is -2.08. The van der Waals surface area contributed by atoms with Crippen molar-refractivity contribution in [3.8, 4) is 6.07 Å². The van der Waals surface area contributed by atoms with Crippen molar-refractivity contribution in [2.24, 2.45) is 0 Å². The fourth-order valence-electron chi connectivity index (χ4n) is 4.10. The molecule has 1 heterocycles. The van der Waals surface area contributed by atoms with Gasteiger partial charge in [0.25, 0.3) is 0 Å². The molecule has 0 spiro atoms. The first-order chi connectivity index (χ1) is 18.3. The van der Waals surface area contributed by atoms with Gasteiger partial charge in [-0.25, -0.2) is 13.0 Å². The normalized spacial score (nSPS) is 10.9. The summed E-state index contributed by atoms with van der Waals surface area (Å²) >= 11 is 6.07. The Balaban J connectivity index is 0.000000279. The number of hydrogen-bond acceptors (Lipinski definition) is 4. The van der Waals surface area contributed by atoms with E-state index in [1.807, 2.05) is 41.2 Å². The van der Waals surface area contributed by atoms with Crippen LogP contribution in [0.4, 0.5) is 0 Å². The number of nitriles is 1. The Bertz CT molecular complexity index is 1220. The number of nitrogens with zero attached hydrogens (tertiary/aromatic N) is 2. The molecule has 5 nitrogen and oxygen atoms in total. The topological polar surface area (TPSA) is 84.9 Å². The highest BCUT2D eigenvalue weighted by Gasteiger charge is 2.06. The summed E-state index contributed by atoms with van der Waals surface area (Å²) in [6.45, 7) is 2.96. The lowest BCUT2D eigenvalue weighted by atomic mass is 10.0. The van der Waals surface area contributed by atoms with Gasteiger partial charge < -0.3 is 4.55 Å². The molecule has 3 rings (SSSR count). The first-order valence-electron chi connectivity index (χ1n) is 13.5. The summed E-state index contributed by atoms with van der Waals surface area (Å²) < 4.78 is 34.5. The predicted molar refractivity (Wildman–Crippen MR) is 152 cm³/mol. The van der Waals surface area contributed by atoms with Crippen LogP contribution in [0.2, 0.25) is 5.02 Å². The molecule has 38 heavy (non-hydrogen) atoms. The van der Waals surface area contributed by atoms with Crippen LogP contribution in [-0.2, 0) is 23.1 Å². The second kappa shape index (κ2) is 17.7. The van der Waals surface area contributed by atoms with Crippen molar-refractivity contribution in [2.45, 2.75) is 89.0 Å². The Hall–Kier alpha value is -2.72. The van der Waals surface area contributed by atoms with E-state index in [9.17, 15) is 13.0 Å². The van der Waals surface area contributed by atoms with Crippen LogP contribution < -0.4 is 4.57 Å². The van der Waals surface area contributed by atoms with Crippen molar-refractivity contribution < 1.29 is 17.5 Å². The van der Waals surface area contributed by atoms with Crippen LogP contribution in [-0.4, -0.2) is 13.0 Å². The van der Waals surface area contributed by atoms with E-state index < -0.39 is 10.1 Å². The minimum atomic E-state index is -4.31. The third-order valence-corrected chi connectivity index (χ3v) is 7.58. The standard InChI is InChI=1S/C18H30O3S.C13H10ClN2/c1-2-3-4-5-6-7-8-9-10-11-12-17-13-15-18(16-14-17)22(19,20)21;14-13-4-2-1-3-12(13)10-16-7-5-11(9-15)6-8-16/h13-16H,2-12H2,1H3,(H,19,20,21);1-8H,10H2/q;+1/p-1. The molecule has 7 heteroatoms. The highest BCUT2D eigenvalue weighted by molar-refractivity contribution is 7.85. The molecule has 0 aliphatic carbocycles. The maximum absolute atomic E-state index is 10.8. The Morgan fingerprint density at radius 3 is 1.89 bits per heavy atom. The highest BCUT2D eigenvalue weighted by atomic mass is 35.5. The molecule has 0 bridgehead atoms. The van der Waals surface area contributed by atoms with E-state index >= 15 is 0 Å². The number of unbranched alkanes of at least 4 members (excludes halogenated alkanes) is 9. The van der Waals surface area contributed by atoms with Gasteiger partial charge in [-0.15, -0.1) is 0 Å². The van der Waals surface area contributed by atoms with Gasteiger partial charge in [-0.1, -0.05) is 107 Å². The fraction of sp³-hybridized carbons (Fsp3) is 0.419. The van der Waals surface area contributed by atoms with E-state index in [4.69, 9.17) is 16.9 Å². The molecule has 0 unspecified atom stereocenters. The van der Waals surface area contributed by atoms with Gasteiger partial charge in [-0.3, -0.25) is 0 Å². The fourth-order valence-corrected chi connectivity index (χ4v) is 4.76. The van der Waals surface area contributed by atoms with Crippen molar-refractivity contribution in [3.63, 3.8) is 0 Å². The quantitative estimate of drug-likeness (QED) is 0.117. The first kappa shape index (κ1) is 31.5. The molecule has 0 aliphatic rings. The maximum Gasteiger partial charge on any atom is 0.175 e. The number of rotatable bonds is 14. The number of halogens is 1. The van der Waals surface area contributed by atoms with E-state index in [0.29, 0.717) is 12.1 Å². The zero-order chi connectivity index (χ0) is 27.6. The Kier molecular flexibility index (Phi) is 14.7. The van der Waals surface area contributed by atoms with Gasteiger partial charge in [0.15, 0.2) is 18.9 Å². The molecule has 0 N–H and O–H groups in total. The van der Waals surface area contributed by atoms with E-state index in [0.717, 1.165) is 29.0 Å². The summed E-state index contributed by atoms with van der Waals surface area (Å²) in [5.41, 5.74) is 2.83. The molecule has 0 atom stereocenters. The average Bonchev–Trinajstić information content (AvgIpc) is 2.92. The minimum absolute atomic E-state index is 0.140. The molecule has 0 saturated carbocycles. The molecule has 0 radical (unpaired) electrons. The predicted octanol–water partition coefficient (Wildman–Crippen LogP) is 7.60.